The fourth-order valence-corrected chi connectivity index (χ4v) is 1.78. The molecule has 0 rings (SSSR count). The van der Waals surface area contributed by atoms with E-state index in [0.717, 1.165) is 13.0 Å². The Bertz CT molecular complexity index is 129. The van der Waals surface area contributed by atoms with E-state index in [9.17, 15) is 4.79 Å². The van der Waals surface area contributed by atoms with E-state index >= 15 is 0 Å². The Morgan fingerprint density at radius 2 is 1.91 bits per heavy atom. The molecule has 1 amide bonds. The Morgan fingerprint density at radius 3 is 2.27 bits per heavy atom. The second-order valence-corrected chi connectivity index (χ2v) is 8.22. The predicted molar refractivity (Wildman–Crippen MR) is 53.5 cm³/mol. The Labute approximate surface area is 71.1 Å². The summed E-state index contributed by atoms with van der Waals surface area (Å²) in [6.45, 7) is 2.39. The number of amides is 1. The molecule has 1 N–H and O–H groups in total. The van der Waals surface area contributed by atoms with Crippen LogP contribution in [0, 0.1) is 0 Å². The molecule has 0 saturated heterocycles. The first-order chi connectivity index (χ1) is 4.92. The lowest BCUT2D eigenvalue weighted by Gasteiger charge is -2.24. The van der Waals surface area contributed by atoms with Gasteiger partial charge in [-0.1, -0.05) is 0 Å². The maximum absolute atomic E-state index is 10.5. The zero-order valence-electron chi connectivity index (χ0n) is 7.94. The highest BCUT2D eigenvalue weighted by Gasteiger charge is 2.02. The summed E-state index contributed by atoms with van der Waals surface area (Å²) >= 11 is 0. The molecule has 2 nitrogen and oxygen atoms in total. The van der Waals surface area contributed by atoms with E-state index in [4.69, 9.17) is 0 Å². The fraction of sp³-hybridized carbons (Fsp3) is 0.875. The van der Waals surface area contributed by atoms with Crippen LogP contribution in [0.3, 0.4) is 0 Å². The zero-order chi connectivity index (χ0) is 8.91. The average molecular weight is 177 g/mol. The second-order valence-electron chi connectivity index (χ2n) is 3.63. The minimum absolute atomic E-state index is 0.0777. The number of carbonyl (C=O) groups is 1. The van der Waals surface area contributed by atoms with Gasteiger partial charge in [0.05, 0.1) is 0 Å². The Hall–Kier alpha value is -0.180. The predicted octanol–water partition coefficient (Wildman–Crippen LogP) is 1.21. The summed E-state index contributed by atoms with van der Waals surface area (Å²) in [7, 11) is -0.373. The molecule has 0 aliphatic carbocycles. The van der Waals surface area contributed by atoms with Crippen LogP contribution in [-0.2, 0) is 4.79 Å². The lowest BCUT2D eigenvalue weighted by atomic mass is 10.5. The number of nitrogens with one attached hydrogen (secondary N) is 1. The van der Waals surface area contributed by atoms with Gasteiger partial charge < -0.3 is 5.32 Å². The van der Waals surface area contributed by atoms with Gasteiger partial charge in [-0.3, -0.25) is 4.79 Å². The number of hydrogen-bond donors (Lipinski definition) is 1. The summed E-state index contributed by atoms with van der Waals surface area (Å²) < 4.78 is 0. The van der Waals surface area contributed by atoms with Crippen LogP contribution in [0.5, 0.6) is 0 Å². The van der Waals surface area contributed by atoms with E-state index in [-0.39, 0.29) is 15.9 Å². The summed E-state index contributed by atoms with van der Waals surface area (Å²) in [6, 6.07) is 0. The molecular weight excluding hydrogens is 158 g/mol. The highest BCUT2D eigenvalue weighted by Crippen LogP contribution is 2.34. The summed E-state index contributed by atoms with van der Waals surface area (Å²) in [6.07, 6.45) is 7.99. The lowest BCUT2D eigenvalue weighted by molar-refractivity contribution is -0.118. The van der Waals surface area contributed by atoms with Crippen LogP contribution < -0.4 is 5.32 Å². The van der Waals surface area contributed by atoms with Crippen LogP contribution in [0.4, 0.5) is 0 Å². The Kier molecular flexibility index (Phi) is 4.57. The van der Waals surface area contributed by atoms with E-state index in [1.807, 2.05) is 0 Å². The van der Waals surface area contributed by atoms with Gasteiger partial charge in [-0.15, -0.1) is 0 Å². The van der Waals surface area contributed by atoms with Gasteiger partial charge in [-0.05, 0) is 30.9 Å². The van der Waals surface area contributed by atoms with Gasteiger partial charge in [0.1, 0.15) is 0 Å². The molecule has 68 valence electrons. The van der Waals surface area contributed by atoms with Crippen molar-refractivity contribution in [3.05, 3.63) is 0 Å². The topological polar surface area (TPSA) is 29.1 Å². The van der Waals surface area contributed by atoms with Crippen LogP contribution in [0.1, 0.15) is 13.3 Å². The van der Waals surface area contributed by atoms with Crippen molar-refractivity contribution in [2.24, 2.45) is 0 Å². The first-order valence-corrected chi connectivity index (χ1v) is 6.85. The van der Waals surface area contributed by atoms with Crippen molar-refractivity contribution >= 4 is 15.9 Å². The smallest absolute Gasteiger partial charge is 0.216 e. The summed E-state index contributed by atoms with van der Waals surface area (Å²) in [5, 5.41) is 2.79. The highest BCUT2D eigenvalue weighted by atomic mass is 32.3. The molecule has 0 saturated carbocycles. The first kappa shape index (κ1) is 10.8. The van der Waals surface area contributed by atoms with Crippen molar-refractivity contribution in [1.29, 1.82) is 0 Å². The molecule has 0 unspecified atom stereocenters. The van der Waals surface area contributed by atoms with Crippen LogP contribution in [0.15, 0.2) is 0 Å². The molecule has 0 fully saturated rings. The van der Waals surface area contributed by atoms with Crippen LogP contribution in [0.25, 0.3) is 0 Å². The van der Waals surface area contributed by atoms with E-state index in [2.05, 4.69) is 24.1 Å². The largest absolute Gasteiger partial charge is 0.356 e. The van der Waals surface area contributed by atoms with Gasteiger partial charge in [-0.25, -0.2) is 10.0 Å². The molecule has 0 aromatic carbocycles. The quantitative estimate of drug-likeness (QED) is 0.642. The van der Waals surface area contributed by atoms with Gasteiger partial charge in [0.25, 0.3) is 0 Å². The maximum Gasteiger partial charge on any atom is 0.216 e. The molecule has 0 heterocycles. The molecule has 11 heavy (non-hydrogen) atoms. The van der Waals surface area contributed by atoms with E-state index < -0.39 is 0 Å². The Morgan fingerprint density at radius 1 is 1.36 bits per heavy atom. The second kappa shape index (κ2) is 4.65. The standard InChI is InChI=1S/C8H19NOS/c1-8(10)9-6-5-7-11(2,3)4/h5-7H2,1-4H3,(H,9,10). The summed E-state index contributed by atoms with van der Waals surface area (Å²) in [4.78, 5) is 10.5. The minimum atomic E-state index is -0.373. The summed E-state index contributed by atoms with van der Waals surface area (Å²) in [5.74, 6) is 1.32. The number of rotatable bonds is 4. The minimum Gasteiger partial charge on any atom is -0.356 e. The fourth-order valence-electron chi connectivity index (χ4n) is 0.770. The third-order valence-corrected chi connectivity index (χ3v) is 2.82. The normalized spacial score (nSPS) is 12.7. The van der Waals surface area contributed by atoms with Crippen molar-refractivity contribution in [2.45, 2.75) is 13.3 Å². The maximum atomic E-state index is 10.5. The van der Waals surface area contributed by atoms with Gasteiger partial charge in [0, 0.05) is 13.5 Å². The molecule has 0 radical (unpaired) electrons. The number of hydrogen-bond acceptors (Lipinski definition) is 1. The Balaban J connectivity index is 3.22. The molecule has 0 aliphatic rings. The monoisotopic (exact) mass is 177 g/mol. The van der Waals surface area contributed by atoms with E-state index in [0.29, 0.717) is 0 Å². The van der Waals surface area contributed by atoms with Crippen molar-refractivity contribution < 1.29 is 4.79 Å². The molecule has 0 aromatic rings. The first-order valence-electron chi connectivity index (χ1n) is 3.82. The third kappa shape index (κ3) is 9.82. The molecule has 0 spiro atoms. The van der Waals surface area contributed by atoms with Gasteiger partial charge >= 0.3 is 0 Å². The third-order valence-electron chi connectivity index (χ3n) is 1.31. The highest BCUT2D eigenvalue weighted by molar-refractivity contribution is 8.32. The van der Waals surface area contributed by atoms with Crippen molar-refractivity contribution in [3.63, 3.8) is 0 Å². The molecule has 0 aliphatic heterocycles. The molecule has 3 heteroatoms. The van der Waals surface area contributed by atoms with Crippen molar-refractivity contribution in [2.75, 3.05) is 31.1 Å². The van der Waals surface area contributed by atoms with Crippen LogP contribution >= 0.6 is 10.0 Å². The van der Waals surface area contributed by atoms with Gasteiger partial charge in [0.2, 0.25) is 5.91 Å². The lowest BCUT2D eigenvalue weighted by Crippen LogP contribution is -2.22. The SMILES string of the molecule is CC(=O)NCCCS(C)(C)C. The summed E-state index contributed by atoms with van der Waals surface area (Å²) in [5.41, 5.74) is 0. The van der Waals surface area contributed by atoms with E-state index in [1.165, 1.54) is 5.75 Å². The molecule has 0 aromatic heterocycles. The van der Waals surface area contributed by atoms with Gasteiger partial charge in [-0.2, -0.15) is 0 Å². The van der Waals surface area contributed by atoms with Crippen LogP contribution in [0.2, 0.25) is 0 Å². The molecule has 0 atom stereocenters. The van der Waals surface area contributed by atoms with Crippen LogP contribution in [-0.4, -0.2) is 37.0 Å². The van der Waals surface area contributed by atoms with Crippen molar-refractivity contribution in [3.8, 4) is 0 Å². The van der Waals surface area contributed by atoms with Gasteiger partial charge in [0.15, 0.2) is 0 Å². The molecule has 0 bridgehead atoms. The average Bonchev–Trinajstić information content (AvgIpc) is 1.78. The van der Waals surface area contributed by atoms with E-state index in [1.54, 1.807) is 6.92 Å². The molecular formula is C8H19NOS. The van der Waals surface area contributed by atoms with Crippen molar-refractivity contribution in [1.82, 2.24) is 5.32 Å². The zero-order valence-corrected chi connectivity index (χ0v) is 8.75. The number of carbonyl (C=O) groups excluding carboxylic acids is 1.